The van der Waals surface area contributed by atoms with Crippen LogP contribution >= 0.6 is 11.6 Å². The van der Waals surface area contributed by atoms with Crippen molar-refractivity contribution in [3.8, 4) is 0 Å². The average Bonchev–Trinajstić information content (AvgIpc) is 2.93. The van der Waals surface area contributed by atoms with Crippen molar-refractivity contribution < 1.29 is 9.72 Å². The van der Waals surface area contributed by atoms with E-state index >= 15 is 0 Å². The van der Waals surface area contributed by atoms with E-state index in [4.69, 9.17) is 11.6 Å². The fraction of sp³-hybridized carbons (Fsp3) is 0.273. The average molecular weight is 309 g/mol. The Hall–Kier alpha value is -2.55. The lowest BCUT2D eigenvalue weighted by atomic mass is 10.2. The van der Waals surface area contributed by atoms with Gasteiger partial charge in [0.1, 0.15) is 23.2 Å². The molecule has 1 aliphatic rings. The highest BCUT2D eigenvalue weighted by molar-refractivity contribution is 6.29. The van der Waals surface area contributed by atoms with Gasteiger partial charge < -0.3 is 9.47 Å². The predicted molar refractivity (Wildman–Crippen MR) is 70.7 cm³/mol. The first-order chi connectivity index (χ1) is 10.1. The van der Waals surface area contributed by atoms with E-state index in [0.29, 0.717) is 18.9 Å². The quantitative estimate of drug-likeness (QED) is 0.463. The number of amides is 1. The van der Waals surface area contributed by atoms with E-state index in [-0.39, 0.29) is 22.9 Å². The summed E-state index contributed by atoms with van der Waals surface area (Å²) in [5.41, 5.74) is -0.440. The first-order valence-electron chi connectivity index (χ1n) is 6.02. The molecule has 0 bridgehead atoms. The molecule has 0 aromatic carbocycles. The molecule has 3 rings (SSSR count). The SMILES string of the molecule is O=C(c1cc(Cl)ncc1[N+](=O)[O-])N1CCn2cnnc2C1. The molecule has 0 aliphatic carbocycles. The molecule has 21 heavy (non-hydrogen) atoms. The van der Waals surface area contributed by atoms with E-state index in [1.807, 2.05) is 4.57 Å². The molecule has 0 saturated heterocycles. The van der Waals surface area contributed by atoms with Crippen molar-refractivity contribution in [3.05, 3.63) is 45.2 Å². The fourth-order valence-electron chi connectivity index (χ4n) is 2.15. The Labute approximate surface area is 123 Å². The number of nitro groups is 1. The molecular weight excluding hydrogens is 300 g/mol. The first-order valence-corrected chi connectivity index (χ1v) is 6.40. The van der Waals surface area contributed by atoms with Crippen molar-refractivity contribution in [1.82, 2.24) is 24.6 Å². The van der Waals surface area contributed by atoms with Crippen LogP contribution in [0.25, 0.3) is 0 Å². The molecule has 1 aliphatic heterocycles. The van der Waals surface area contributed by atoms with Gasteiger partial charge in [0.15, 0.2) is 5.82 Å². The molecular formula is C11H9ClN6O3. The number of rotatable bonds is 2. The lowest BCUT2D eigenvalue weighted by Crippen LogP contribution is -2.38. The van der Waals surface area contributed by atoms with Crippen LogP contribution < -0.4 is 0 Å². The molecule has 0 unspecified atom stereocenters. The summed E-state index contributed by atoms with van der Waals surface area (Å²) in [6.45, 7) is 1.21. The maximum Gasteiger partial charge on any atom is 0.300 e. The van der Waals surface area contributed by atoms with Gasteiger partial charge in [0.2, 0.25) is 0 Å². The summed E-state index contributed by atoms with van der Waals surface area (Å²) < 4.78 is 1.83. The van der Waals surface area contributed by atoms with E-state index in [9.17, 15) is 14.9 Å². The summed E-state index contributed by atoms with van der Waals surface area (Å²) >= 11 is 5.74. The van der Waals surface area contributed by atoms with Crippen molar-refractivity contribution >= 4 is 23.2 Å². The second-order valence-electron chi connectivity index (χ2n) is 4.45. The standard InChI is InChI=1S/C11H9ClN6O3/c12-9-3-7(8(4-13-9)18(20)21)11(19)16-1-2-17-6-14-15-10(17)5-16/h3-4,6H,1-2,5H2. The van der Waals surface area contributed by atoms with Gasteiger partial charge in [0.25, 0.3) is 11.6 Å². The maximum absolute atomic E-state index is 12.5. The number of nitrogens with zero attached hydrogens (tertiary/aromatic N) is 6. The van der Waals surface area contributed by atoms with Gasteiger partial charge in [-0.15, -0.1) is 10.2 Å². The zero-order chi connectivity index (χ0) is 15.0. The third kappa shape index (κ3) is 2.42. The Morgan fingerprint density at radius 1 is 1.43 bits per heavy atom. The summed E-state index contributed by atoms with van der Waals surface area (Å²) in [5.74, 6) is 0.164. The second-order valence-corrected chi connectivity index (χ2v) is 4.84. The van der Waals surface area contributed by atoms with Crippen molar-refractivity contribution in [2.75, 3.05) is 6.54 Å². The van der Waals surface area contributed by atoms with Gasteiger partial charge in [-0.25, -0.2) is 4.98 Å². The van der Waals surface area contributed by atoms with Crippen LogP contribution in [0.3, 0.4) is 0 Å². The number of hydrogen-bond acceptors (Lipinski definition) is 6. The minimum Gasteiger partial charge on any atom is -0.329 e. The van der Waals surface area contributed by atoms with E-state index in [0.717, 1.165) is 6.20 Å². The molecule has 3 heterocycles. The van der Waals surface area contributed by atoms with Crippen LogP contribution in [-0.2, 0) is 13.1 Å². The number of hydrogen-bond donors (Lipinski definition) is 0. The highest BCUT2D eigenvalue weighted by Gasteiger charge is 2.28. The predicted octanol–water partition coefficient (Wildman–Crippen LogP) is 0.891. The van der Waals surface area contributed by atoms with Crippen LogP contribution in [0.15, 0.2) is 18.6 Å². The second kappa shape index (κ2) is 5.09. The van der Waals surface area contributed by atoms with Crippen LogP contribution in [0.5, 0.6) is 0 Å². The highest BCUT2D eigenvalue weighted by Crippen LogP contribution is 2.23. The van der Waals surface area contributed by atoms with Gasteiger partial charge in [0.05, 0.1) is 11.5 Å². The van der Waals surface area contributed by atoms with E-state index in [1.54, 1.807) is 6.33 Å². The molecule has 2 aromatic rings. The number of halogens is 1. The third-order valence-corrected chi connectivity index (χ3v) is 3.41. The van der Waals surface area contributed by atoms with Crippen LogP contribution in [0.4, 0.5) is 5.69 Å². The summed E-state index contributed by atoms with van der Waals surface area (Å²) in [6, 6.07) is 1.21. The summed E-state index contributed by atoms with van der Waals surface area (Å²) in [6.07, 6.45) is 2.57. The summed E-state index contributed by atoms with van der Waals surface area (Å²) in [4.78, 5) is 28.0. The molecule has 0 radical (unpaired) electrons. The number of pyridine rings is 1. The van der Waals surface area contributed by atoms with Crippen molar-refractivity contribution in [3.63, 3.8) is 0 Å². The molecule has 0 N–H and O–H groups in total. The minimum absolute atomic E-state index is 0.0316. The Kier molecular flexibility index (Phi) is 3.26. The Morgan fingerprint density at radius 2 is 2.24 bits per heavy atom. The van der Waals surface area contributed by atoms with E-state index in [2.05, 4.69) is 15.2 Å². The topological polar surface area (TPSA) is 107 Å². The zero-order valence-corrected chi connectivity index (χ0v) is 11.4. The molecule has 2 aromatic heterocycles. The lowest BCUT2D eigenvalue weighted by Gasteiger charge is -2.26. The highest BCUT2D eigenvalue weighted by atomic mass is 35.5. The molecule has 0 saturated carbocycles. The summed E-state index contributed by atoms with van der Waals surface area (Å²) in [5, 5.41) is 18.7. The first kappa shape index (κ1) is 13.4. The summed E-state index contributed by atoms with van der Waals surface area (Å²) in [7, 11) is 0. The Bertz CT molecular complexity index is 730. The van der Waals surface area contributed by atoms with Gasteiger partial charge in [-0.05, 0) is 6.07 Å². The van der Waals surface area contributed by atoms with Crippen LogP contribution in [0, 0.1) is 10.1 Å². The van der Waals surface area contributed by atoms with Crippen molar-refractivity contribution in [1.29, 1.82) is 0 Å². The van der Waals surface area contributed by atoms with Gasteiger partial charge in [-0.3, -0.25) is 14.9 Å². The molecule has 9 nitrogen and oxygen atoms in total. The number of aromatic nitrogens is 4. The van der Waals surface area contributed by atoms with Crippen molar-refractivity contribution in [2.24, 2.45) is 0 Å². The van der Waals surface area contributed by atoms with Gasteiger partial charge in [-0.1, -0.05) is 11.6 Å². The van der Waals surface area contributed by atoms with Gasteiger partial charge >= 0.3 is 0 Å². The maximum atomic E-state index is 12.5. The molecule has 1 amide bonds. The van der Waals surface area contributed by atoms with E-state index < -0.39 is 10.8 Å². The normalized spacial score (nSPS) is 13.9. The molecule has 0 atom stereocenters. The monoisotopic (exact) mass is 308 g/mol. The van der Waals surface area contributed by atoms with Crippen molar-refractivity contribution in [2.45, 2.75) is 13.1 Å². The molecule has 10 heteroatoms. The molecule has 0 fully saturated rings. The number of fused-ring (bicyclic) bond motifs is 1. The van der Waals surface area contributed by atoms with E-state index in [1.165, 1.54) is 11.0 Å². The Balaban J connectivity index is 1.93. The minimum atomic E-state index is -0.650. The van der Waals surface area contributed by atoms with Crippen LogP contribution in [-0.4, -0.2) is 42.0 Å². The lowest BCUT2D eigenvalue weighted by molar-refractivity contribution is -0.385. The fourth-order valence-corrected chi connectivity index (χ4v) is 2.31. The van der Waals surface area contributed by atoms with Gasteiger partial charge in [-0.2, -0.15) is 0 Å². The molecule has 0 spiro atoms. The number of carbonyl (C=O) groups is 1. The van der Waals surface area contributed by atoms with Gasteiger partial charge in [0, 0.05) is 13.1 Å². The van der Waals surface area contributed by atoms with Crippen LogP contribution in [0.2, 0.25) is 5.15 Å². The number of carbonyl (C=O) groups excluding carboxylic acids is 1. The van der Waals surface area contributed by atoms with Crippen LogP contribution in [0.1, 0.15) is 16.2 Å². The molecule has 108 valence electrons. The zero-order valence-electron chi connectivity index (χ0n) is 10.6. The largest absolute Gasteiger partial charge is 0.329 e. The Morgan fingerprint density at radius 3 is 3.00 bits per heavy atom. The smallest absolute Gasteiger partial charge is 0.300 e. The third-order valence-electron chi connectivity index (χ3n) is 3.20.